The van der Waals surface area contributed by atoms with Crippen molar-refractivity contribution in [3.63, 3.8) is 0 Å². The molecule has 2 aliphatic rings. The number of amides is 3. The number of imide groups is 1. The van der Waals surface area contributed by atoms with Crippen LogP contribution in [0.15, 0.2) is 29.3 Å². The van der Waals surface area contributed by atoms with Crippen molar-refractivity contribution in [3.8, 4) is 5.75 Å². The number of rotatable bonds is 13. The number of carbonyl (C=O) groups excluding carboxylic acids is 3. The summed E-state index contributed by atoms with van der Waals surface area (Å²) in [7, 11) is 0. The lowest BCUT2D eigenvalue weighted by molar-refractivity contribution is -0.137. The Morgan fingerprint density at radius 3 is 2.20 bits per heavy atom. The summed E-state index contributed by atoms with van der Waals surface area (Å²) in [4.78, 5) is 45.2. The van der Waals surface area contributed by atoms with Crippen LogP contribution in [0, 0.1) is 5.41 Å². The Kier molecular flexibility index (Phi) is 11.2. The van der Waals surface area contributed by atoms with Crippen molar-refractivity contribution >= 4 is 40.4 Å². The Morgan fingerprint density at radius 2 is 1.57 bits per heavy atom. The Hall–Kier alpha value is -2.82. The fraction of sp³-hybridized carbons (Fsp3) is 0.618. The van der Waals surface area contributed by atoms with Gasteiger partial charge in [0.1, 0.15) is 5.75 Å². The highest BCUT2D eigenvalue weighted by molar-refractivity contribution is 8.00. The molecule has 3 amide bonds. The van der Waals surface area contributed by atoms with E-state index in [0.717, 1.165) is 63.1 Å². The molecule has 3 heterocycles. The van der Waals surface area contributed by atoms with Crippen LogP contribution < -0.4 is 5.32 Å². The first kappa shape index (κ1) is 34.1. The van der Waals surface area contributed by atoms with Crippen LogP contribution in [0.4, 0.5) is 0 Å². The molecule has 242 valence electrons. The van der Waals surface area contributed by atoms with Crippen LogP contribution >= 0.6 is 11.8 Å². The maximum atomic E-state index is 12.3. The topological polar surface area (TPSA) is 109 Å². The van der Waals surface area contributed by atoms with Gasteiger partial charge in [0.15, 0.2) is 0 Å². The summed E-state index contributed by atoms with van der Waals surface area (Å²) in [6.45, 7) is 19.7. The normalized spacial score (nSPS) is 16.9. The molecule has 1 aromatic heterocycles. The molecule has 3 N–H and O–H groups in total. The minimum atomic E-state index is -0.251. The molecule has 0 bridgehead atoms. The third-order valence-corrected chi connectivity index (χ3v) is 9.19. The summed E-state index contributed by atoms with van der Waals surface area (Å²) < 4.78 is 0.0715. The number of H-pyrrole nitrogens is 1. The quantitative estimate of drug-likeness (QED) is 0.162. The van der Waals surface area contributed by atoms with E-state index in [1.807, 2.05) is 17.8 Å². The number of aromatic hydroxyl groups is 1. The van der Waals surface area contributed by atoms with Crippen molar-refractivity contribution in [1.82, 2.24) is 25.0 Å². The first-order valence-electron chi connectivity index (χ1n) is 16.0. The average Bonchev–Trinajstić information content (AvgIpc) is 3.42. The summed E-state index contributed by atoms with van der Waals surface area (Å²) in [6.07, 6.45) is 6.27. The minimum Gasteiger partial charge on any atom is -0.508 e. The number of fused-ring (bicyclic) bond motifs is 1. The van der Waals surface area contributed by atoms with Crippen molar-refractivity contribution in [3.05, 3.63) is 35.4 Å². The Morgan fingerprint density at radius 1 is 0.909 bits per heavy atom. The highest BCUT2D eigenvalue weighted by Gasteiger charge is 2.26. The van der Waals surface area contributed by atoms with E-state index in [9.17, 15) is 19.5 Å². The average molecular weight is 626 g/mol. The monoisotopic (exact) mass is 625 g/mol. The molecular formula is C34H51N5O4S. The molecule has 0 unspecified atom stereocenters. The standard InChI is InChI=1S/C34H51N5O4S/c1-33(2,3)22-25-24-11-12-27(40)26(31(24)36-32(25)44-34(4,5)6)23-38-20-18-37(19-21-38)17-15-35-28(41)10-8-7-9-16-39-29(42)13-14-30(39)43/h11-14,36,40H,7-10,15-23H2,1-6H3,(H,35,41). The summed E-state index contributed by atoms with van der Waals surface area (Å²) in [5.74, 6) is -0.116. The third kappa shape index (κ3) is 9.59. The maximum absolute atomic E-state index is 12.3. The highest BCUT2D eigenvalue weighted by atomic mass is 32.2. The summed E-state index contributed by atoms with van der Waals surface area (Å²) >= 11 is 1.86. The molecule has 0 atom stereocenters. The number of aromatic amines is 1. The number of aromatic nitrogens is 1. The van der Waals surface area contributed by atoms with Crippen LogP contribution in [-0.2, 0) is 27.3 Å². The Labute approximate surface area is 266 Å². The van der Waals surface area contributed by atoms with Crippen molar-refractivity contribution in [1.29, 1.82) is 0 Å². The molecule has 1 saturated heterocycles. The summed E-state index contributed by atoms with van der Waals surface area (Å²) in [6, 6.07) is 3.93. The molecule has 2 aromatic rings. The molecule has 0 spiro atoms. The number of hydrogen-bond donors (Lipinski definition) is 3. The Bertz CT molecular complexity index is 1340. The van der Waals surface area contributed by atoms with Gasteiger partial charge in [-0.05, 0) is 42.4 Å². The first-order chi connectivity index (χ1) is 20.7. The lowest BCUT2D eigenvalue weighted by atomic mass is 9.88. The van der Waals surface area contributed by atoms with Gasteiger partial charge in [-0.2, -0.15) is 0 Å². The molecule has 10 heteroatoms. The predicted molar refractivity (Wildman–Crippen MR) is 178 cm³/mol. The van der Waals surface area contributed by atoms with Crippen molar-refractivity contribution in [2.75, 3.05) is 45.8 Å². The number of phenolic OH excluding ortho intramolecular Hbond substituents is 1. The van der Waals surface area contributed by atoms with E-state index in [-0.39, 0.29) is 27.9 Å². The van der Waals surface area contributed by atoms with Crippen LogP contribution in [0.3, 0.4) is 0 Å². The van der Waals surface area contributed by atoms with Crippen LogP contribution in [0.1, 0.15) is 78.4 Å². The van der Waals surface area contributed by atoms with Crippen LogP contribution in [0.25, 0.3) is 10.9 Å². The second-order valence-electron chi connectivity index (χ2n) is 14.3. The molecule has 4 rings (SSSR count). The molecule has 2 aliphatic heterocycles. The number of thioether (sulfide) groups is 1. The fourth-order valence-electron chi connectivity index (χ4n) is 5.82. The number of nitrogens with zero attached hydrogens (tertiary/aromatic N) is 3. The molecule has 1 fully saturated rings. The number of piperazine rings is 1. The van der Waals surface area contributed by atoms with Crippen LogP contribution in [0.5, 0.6) is 5.75 Å². The summed E-state index contributed by atoms with van der Waals surface area (Å²) in [5.41, 5.74) is 3.51. The second-order valence-corrected chi connectivity index (χ2v) is 16.1. The first-order valence-corrected chi connectivity index (χ1v) is 16.8. The number of phenols is 1. The number of hydrogen-bond acceptors (Lipinski definition) is 7. The molecule has 9 nitrogen and oxygen atoms in total. The number of nitrogens with one attached hydrogen (secondary N) is 2. The lowest BCUT2D eigenvalue weighted by Crippen LogP contribution is -2.48. The zero-order valence-electron chi connectivity index (χ0n) is 27.4. The van der Waals surface area contributed by atoms with E-state index < -0.39 is 0 Å². The van der Waals surface area contributed by atoms with Crippen LogP contribution in [0.2, 0.25) is 0 Å². The van der Waals surface area contributed by atoms with Crippen molar-refractivity contribution in [2.24, 2.45) is 5.41 Å². The lowest BCUT2D eigenvalue weighted by Gasteiger charge is -2.34. The highest BCUT2D eigenvalue weighted by Crippen LogP contribution is 2.42. The van der Waals surface area contributed by atoms with Gasteiger partial charge in [0.25, 0.3) is 11.8 Å². The van der Waals surface area contributed by atoms with Gasteiger partial charge >= 0.3 is 0 Å². The van der Waals surface area contributed by atoms with E-state index in [1.165, 1.54) is 33.0 Å². The summed E-state index contributed by atoms with van der Waals surface area (Å²) in [5, 5.41) is 16.4. The SMILES string of the molecule is CC(C)(C)Cc1c(SC(C)(C)C)[nH]c2c(CN3CCN(CCNC(=O)CCCCCN4C(=O)C=CC4=O)CC3)c(O)ccc12. The third-order valence-electron chi connectivity index (χ3n) is 8.02. The van der Waals surface area contributed by atoms with Crippen LogP contribution in [-0.4, -0.2) is 93.1 Å². The van der Waals surface area contributed by atoms with Gasteiger partial charge < -0.3 is 15.4 Å². The van der Waals surface area contributed by atoms with Gasteiger partial charge in [-0.1, -0.05) is 48.0 Å². The largest absolute Gasteiger partial charge is 0.508 e. The minimum absolute atomic E-state index is 0.0444. The van der Waals surface area contributed by atoms with E-state index >= 15 is 0 Å². The molecule has 0 saturated carbocycles. The maximum Gasteiger partial charge on any atom is 0.253 e. The molecular weight excluding hydrogens is 574 g/mol. The molecule has 44 heavy (non-hydrogen) atoms. The van der Waals surface area contributed by atoms with E-state index in [1.54, 1.807) is 0 Å². The zero-order chi connectivity index (χ0) is 32.1. The van der Waals surface area contributed by atoms with Gasteiger partial charge in [-0.15, -0.1) is 11.8 Å². The van der Waals surface area contributed by atoms with E-state index in [4.69, 9.17) is 0 Å². The van der Waals surface area contributed by atoms with E-state index in [2.05, 4.69) is 67.7 Å². The second kappa shape index (κ2) is 14.5. The predicted octanol–water partition coefficient (Wildman–Crippen LogP) is 5.07. The van der Waals surface area contributed by atoms with Gasteiger partial charge in [-0.3, -0.25) is 29.1 Å². The molecule has 0 aliphatic carbocycles. The van der Waals surface area contributed by atoms with Crippen molar-refractivity contribution in [2.45, 2.75) is 90.0 Å². The Balaban J connectivity index is 1.22. The van der Waals surface area contributed by atoms with Gasteiger partial charge in [0.2, 0.25) is 5.91 Å². The van der Waals surface area contributed by atoms with Gasteiger partial charge in [0.05, 0.1) is 10.5 Å². The number of carbonyl (C=O) groups is 3. The van der Waals surface area contributed by atoms with Crippen molar-refractivity contribution < 1.29 is 19.5 Å². The molecule has 1 aromatic carbocycles. The smallest absolute Gasteiger partial charge is 0.253 e. The van der Waals surface area contributed by atoms with E-state index in [0.29, 0.717) is 38.2 Å². The number of benzene rings is 1. The van der Waals surface area contributed by atoms with Gasteiger partial charge in [-0.25, -0.2) is 0 Å². The number of unbranched alkanes of at least 4 members (excludes halogenated alkanes) is 2. The van der Waals surface area contributed by atoms with Gasteiger partial charge in [0, 0.05) is 86.6 Å². The zero-order valence-corrected chi connectivity index (χ0v) is 28.2. The fourth-order valence-corrected chi connectivity index (χ4v) is 6.89. The molecule has 0 radical (unpaired) electrons.